The maximum Gasteiger partial charge on any atom is 0.235 e. The summed E-state index contributed by atoms with van der Waals surface area (Å²) in [5, 5.41) is 17.8. The smallest absolute Gasteiger partial charge is 0.235 e. The van der Waals surface area contributed by atoms with E-state index in [1.807, 2.05) is 37.3 Å². The van der Waals surface area contributed by atoms with Gasteiger partial charge in [0.1, 0.15) is 5.82 Å². The summed E-state index contributed by atoms with van der Waals surface area (Å²) in [5.74, 6) is 1.44. The first-order chi connectivity index (χ1) is 14.0. The van der Waals surface area contributed by atoms with E-state index in [9.17, 15) is 9.90 Å². The molecule has 2 aromatic carbocycles. The molecule has 1 atom stereocenters. The molecule has 4 rings (SSSR count). The lowest BCUT2D eigenvalue weighted by Gasteiger charge is -2.18. The van der Waals surface area contributed by atoms with E-state index >= 15 is 0 Å². The van der Waals surface area contributed by atoms with Gasteiger partial charge in [-0.05, 0) is 36.8 Å². The highest BCUT2D eigenvalue weighted by atomic mass is 32.2. The lowest BCUT2D eigenvalue weighted by Crippen LogP contribution is -2.15. The molecule has 150 valence electrons. The van der Waals surface area contributed by atoms with E-state index < -0.39 is 0 Å². The normalized spacial score (nSPS) is 16.0. The molecule has 1 aromatic heterocycles. The zero-order chi connectivity index (χ0) is 20.5. The van der Waals surface area contributed by atoms with Crippen LogP contribution in [0.4, 0.5) is 5.82 Å². The largest absolute Gasteiger partial charge is 0.502 e. The van der Waals surface area contributed by atoms with Gasteiger partial charge < -0.3 is 19.9 Å². The Kier molecular flexibility index (Phi) is 5.10. The van der Waals surface area contributed by atoms with Gasteiger partial charge in [0.25, 0.3) is 0 Å². The number of rotatable bonds is 4. The Bertz CT molecular complexity index is 1040. The molecule has 0 bridgehead atoms. The molecule has 1 amide bonds. The Morgan fingerprint density at radius 3 is 2.45 bits per heavy atom. The van der Waals surface area contributed by atoms with E-state index in [1.165, 1.54) is 26.0 Å². The van der Waals surface area contributed by atoms with Crippen LogP contribution in [0.1, 0.15) is 22.1 Å². The second-order valence-corrected chi connectivity index (χ2v) is 7.70. The van der Waals surface area contributed by atoms with Gasteiger partial charge in [-0.15, -0.1) is 11.8 Å². The summed E-state index contributed by atoms with van der Waals surface area (Å²) in [6.07, 6.45) is 0. The number of carbonyl (C=O) groups is 1. The number of aromatic nitrogens is 2. The number of phenolic OH excluding ortho intramolecular Hbond substituents is 1. The summed E-state index contributed by atoms with van der Waals surface area (Å²) in [6.45, 7) is 1.93. The predicted octanol–water partition coefficient (Wildman–Crippen LogP) is 3.68. The molecule has 29 heavy (non-hydrogen) atoms. The Hall–Kier alpha value is -3.13. The number of amides is 1. The van der Waals surface area contributed by atoms with Crippen LogP contribution < -0.4 is 14.8 Å². The van der Waals surface area contributed by atoms with Crippen molar-refractivity contribution in [2.45, 2.75) is 12.2 Å². The second kappa shape index (κ2) is 7.71. The van der Waals surface area contributed by atoms with E-state index in [0.29, 0.717) is 23.1 Å². The summed E-state index contributed by atoms with van der Waals surface area (Å²) < 4.78 is 12.4. The van der Waals surface area contributed by atoms with Gasteiger partial charge in [0.05, 0.1) is 36.6 Å². The maximum atomic E-state index is 12.5. The highest BCUT2D eigenvalue weighted by Gasteiger charge is 2.31. The predicted molar refractivity (Wildman–Crippen MR) is 112 cm³/mol. The lowest BCUT2D eigenvalue weighted by atomic mass is 10.0. The van der Waals surface area contributed by atoms with E-state index in [1.54, 1.807) is 16.8 Å². The van der Waals surface area contributed by atoms with Crippen molar-refractivity contribution < 1.29 is 19.4 Å². The van der Waals surface area contributed by atoms with Crippen molar-refractivity contribution in [3.05, 3.63) is 59.3 Å². The SMILES string of the molecule is COc1cc([C@H]2SCC(=O)Nc3c2c(C)nn3-c2ccccc2)cc(OC)c1O. The van der Waals surface area contributed by atoms with E-state index in [2.05, 4.69) is 5.32 Å². The third kappa shape index (κ3) is 3.40. The van der Waals surface area contributed by atoms with Crippen molar-refractivity contribution >= 4 is 23.5 Å². The van der Waals surface area contributed by atoms with Gasteiger partial charge in [-0.3, -0.25) is 4.79 Å². The fourth-order valence-corrected chi connectivity index (χ4v) is 4.64. The summed E-state index contributed by atoms with van der Waals surface area (Å²) in [4.78, 5) is 12.5. The highest BCUT2D eigenvalue weighted by Crippen LogP contribution is 2.47. The van der Waals surface area contributed by atoms with Gasteiger partial charge in [-0.1, -0.05) is 18.2 Å². The average Bonchev–Trinajstić information content (AvgIpc) is 2.94. The number of aromatic hydroxyl groups is 1. The minimum atomic E-state index is -0.190. The molecule has 0 unspecified atom stereocenters. The number of aryl methyl sites for hydroxylation is 1. The van der Waals surface area contributed by atoms with Crippen molar-refractivity contribution in [2.75, 3.05) is 25.3 Å². The number of nitrogens with zero attached hydrogens (tertiary/aromatic N) is 2. The van der Waals surface area contributed by atoms with E-state index in [-0.39, 0.29) is 16.9 Å². The molecule has 0 aliphatic carbocycles. The van der Waals surface area contributed by atoms with Gasteiger partial charge in [0, 0.05) is 5.56 Å². The van der Waals surface area contributed by atoms with Crippen LogP contribution in [0.3, 0.4) is 0 Å². The van der Waals surface area contributed by atoms with Crippen LogP contribution in [0.15, 0.2) is 42.5 Å². The lowest BCUT2D eigenvalue weighted by molar-refractivity contribution is -0.113. The number of phenols is 1. The van der Waals surface area contributed by atoms with Crippen LogP contribution in [0.2, 0.25) is 0 Å². The number of thioether (sulfide) groups is 1. The number of nitrogens with one attached hydrogen (secondary N) is 1. The second-order valence-electron chi connectivity index (χ2n) is 6.61. The van der Waals surface area contributed by atoms with Crippen LogP contribution >= 0.6 is 11.8 Å². The van der Waals surface area contributed by atoms with E-state index in [4.69, 9.17) is 14.6 Å². The molecule has 0 spiro atoms. The summed E-state index contributed by atoms with van der Waals surface area (Å²) in [5.41, 5.74) is 3.45. The van der Waals surface area contributed by atoms with Crippen LogP contribution in [0, 0.1) is 6.92 Å². The zero-order valence-corrected chi connectivity index (χ0v) is 17.1. The van der Waals surface area contributed by atoms with Crippen LogP contribution in [0.25, 0.3) is 5.69 Å². The number of para-hydroxylation sites is 1. The van der Waals surface area contributed by atoms with Gasteiger partial charge in [-0.25, -0.2) is 4.68 Å². The summed E-state index contributed by atoms with van der Waals surface area (Å²) >= 11 is 1.50. The number of hydrogen-bond donors (Lipinski definition) is 2. The average molecular weight is 411 g/mol. The molecule has 2 N–H and O–H groups in total. The summed E-state index contributed by atoms with van der Waals surface area (Å²) in [7, 11) is 2.99. The first-order valence-corrected chi connectivity index (χ1v) is 10.1. The fourth-order valence-electron chi connectivity index (χ4n) is 3.47. The van der Waals surface area contributed by atoms with Gasteiger partial charge >= 0.3 is 0 Å². The van der Waals surface area contributed by atoms with Crippen molar-refractivity contribution in [1.29, 1.82) is 0 Å². The van der Waals surface area contributed by atoms with Crippen LogP contribution in [0.5, 0.6) is 17.2 Å². The Labute approximate surface area is 172 Å². The molecule has 0 saturated heterocycles. The minimum absolute atomic E-state index is 0.0523. The number of benzene rings is 2. The number of hydrogen-bond acceptors (Lipinski definition) is 6. The Balaban J connectivity index is 1.91. The quantitative estimate of drug-likeness (QED) is 0.681. The van der Waals surface area contributed by atoms with Crippen LogP contribution in [-0.2, 0) is 4.79 Å². The Morgan fingerprint density at radius 2 is 1.83 bits per heavy atom. The molecule has 3 aromatic rings. The van der Waals surface area contributed by atoms with Crippen LogP contribution in [-0.4, -0.2) is 40.8 Å². The summed E-state index contributed by atoms with van der Waals surface area (Å²) in [6, 6.07) is 13.2. The molecule has 2 heterocycles. The highest BCUT2D eigenvalue weighted by molar-refractivity contribution is 8.00. The first-order valence-electron chi connectivity index (χ1n) is 9.04. The van der Waals surface area contributed by atoms with Gasteiger partial charge in [0.15, 0.2) is 11.5 Å². The minimum Gasteiger partial charge on any atom is -0.502 e. The number of carbonyl (C=O) groups excluding carboxylic acids is 1. The number of methoxy groups -OCH3 is 2. The third-order valence-electron chi connectivity index (χ3n) is 4.81. The van der Waals surface area contributed by atoms with Crippen molar-refractivity contribution in [3.8, 4) is 22.9 Å². The number of fused-ring (bicyclic) bond motifs is 1. The number of anilines is 1. The number of ether oxygens (including phenoxy) is 2. The standard InChI is InChI=1S/C21H21N3O4S/c1-12-18-20(13-9-15(27-2)19(26)16(10-13)28-3)29-11-17(25)22-21(18)24(23-12)14-7-5-4-6-8-14/h4-10,20,26H,11H2,1-3H3,(H,22,25)/t20-/m1/s1. The van der Waals surface area contributed by atoms with Crippen molar-refractivity contribution in [3.63, 3.8) is 0 Å². The van der Waals surface area contributed by atoms with Crippen molar-refractivity contribution in [2.24, 2.45) is 0 Å². The maximum absolute atomic E-state index is 12.5. The zero-order valence-electron chi connectivity index (χ0n) is 16.3. The molecule has 1 aliphatic rings. The molecular formula is C21H21N3O4S. The monoisotopic (exact) mass is 411 g/mol. The Morgan fingerprint density at radius 1 is 1.17 bits per heavy atom. The molecule has 0 radical (unpaired) electrons. The first kappa shape index (κ1) is 19.2. The third-order valence-corrected chi connectivity index (χ3v) is 6.08. The topological polar surface area (TPSA) is 85.6 Å². The molecule has 8 heteroatoms. The van der Waals surface area contributed by atoms with Gasteiger partial charge in [-0.2, -0.15) is 5.10 Å². The molecule has 1 aliphatic heterocycles. The van der Waals surface area contributed by atoms with Gasteiger partial charge in [0.2, 0.25) is 11.7 Å². The molecular weight excluding hydrogens is 390 g/mol. The molecule has 0 fully saturated rings. The molecule has 0 saturated carbocycles. The fraction of sp³-hybridized carbons (Fsp3) is 0.238. The van der Waals surface area contributed by atoms with Crippen molar-refractivity contribution in [1.82, 2.24) is 9.78 Å². The van der Waals surface area contributed by atoms with E-state index in [0.717, 1.165) is 22.5 Å². The molecule has 7 nitrogen and oxygen atoms in total.